The molecule has 0 aromatic heterocycles. The molecule has 4 aliphatic rings. The Hall–Kier alpha value is -1.43. The van der Waals surface area contributed by atoms with Gasteiger partial charge in [-0.15, -0.1) is 0 Å². The summed E-state index contributed by atoms with van der Waals surface area (Å²) >= 11 is 0. The van der Waals surface area contributed by atoms with Crippen LogP contribution in [0.2, 0.25) is 0 Å². The third-order valence-electron chi connectivity index (χ3n) is 6.74. The SMILES string of the molecule is CC(=O)O[C@H]1O[C@@H]2C[C@@]34CCCC[C@]3(O2)[C@@H]1O[C@@H]4c1cc(C)cc(C)c1. The summed E-state index contributed by atoms with van der Waals surface area (Å²) in [5.74, 6) is -0.340. The molecule has 0 unspecified atom stereocenters. The zero-order chi connectivity index (χ0) is 18.1. The fourth-order valence-electron chi connectivity index (χ4n) is 6.05. The van der Waals surface area contributed by atoms with Crippen molar-refractivity contribution >= 4 is 5.97 Å². The molecule has 26 heavy (non-hydrogen) atoms. The standard InChI is InChI=1S/C21H26O5/c1-12-8-13(2)10-15(9-12)17-20-6-4-5-7-21(20)18(25-17)19(23-14(3)22)24-16(11-20)26-21/h8-10,16-19H,4-7,11H2,1-3H3/t16-,17+,18+,19-,20+,21-/m0/s1. The highest BCUT2D eigenvalue weighted by atomic mass is 16.8. The van der Waals surface area contributed by atoms with Crippen LogP contribution in [0.15, 0.2) is 18.2 Å². The van der Waals surface area contributed by atoms with Gasteiger partial charge in [-0.2, -0.15) is 0 Å². The van der Waals surface area contributed by atoms with Gasteiger partial charge in [-0.3, -0.25) is 4.79 Å². The molecule has 3 aliphatic heterocycles. The van der Waals surface area contributed by atoms with Gasteiger partial charge in [0.25, 0.3) is 0 Å². The first-order valence-electron chi connectivity index (χ1n) is 9.68. The second kappa shape index (κ2) is 5.54. The van der Waals surface area contributed by atoms with Crippen LogP contribution in [0.25, 0.3) is 0 Å². The third kappa shape index (κ3) is 2.11. The van der Waals surface area contributed by atoms with Gasteiger partial charge in [0.05, 0.1) is 6.10 Å². The summed E-state index contributed by atoms with van der Waals surface area (Å²) < 4.78 is 24.5. The topological polar surface area (TPSA) is 54.0 Å². The van der Waals surface area contributed by atoms with Crippen LogP contribution < -0.4 is 0 Å². The number of rotatable bonds is 2. The monoisotopic (exact) mass is 358 g/mol. The van der Waals surface area contributed by atoms with E-state index in [9.17, 15) is 4.79 Å². The van der Waals surface area contributed by atoms with E-state index in [4.69, 9.17) is 18.9 Å². The lowest BCUT2D eigenvalue weighted by Gasteiger charge is -2.47. The van der Waals surface area contributed by atoms with Crippen molar-refractivity contribution in [3.63, 3.8) is 0 Å². The normalized spacial score (nSPS) is 43.2. The van der Waals surface area contributed by atoms with Crippen molar-refractivity contribution < 1.29 is 23.7 Å². The predicted octanol–water partition coefficient (Wildman–Crippen LogP) is 3.71. The lowest BCUT2D eigenvalue weighted by Crippen LogP contribution is -2.58. The van der Waals surface area contributed by atoms with E-state index >= 15 is 0 Å². The molecular formula is C21H26O5. The highest BCUT2D eigenvalue weighted by molar-refractivity contribution is 5.66. The lowest BCUT2D eigenvalue weighted by atomic mass is 9.59. The molecule has 3 heterocycles. The van der Waals surface area contributed by atoms with Gasteiger partial charge in [0.2, 0.25) is 6.29 Å². The molecule has 5 rings (SSSR count). The first-order chi connectivity index (χ1) is 12.4. The van der Waals surface area contributed by atoms with Crippen LogP contribution in [-0.4, -0.2) is 30.3 Å². The number of carbonyl (C=O) groups excluding carboxylic acids is 1. The fraction of sp³-hybridized carbons (Fsp3) is 0.667. The number of hydrogen-bond donors (Lipinski definition) is 0. The van der Waals surface area contributed by atoms with Gasteiger partial charge >= 0.3 is 5.97 Å². The maximum atomic E-state index is 11.6. The van der Waals surface area contributed by atoms with Crippen LogP contribution in [-0.2, 0) is 23.7 Å². The van der Waals surface area contributed by atoms with Crippen LogP contribution in [0.5, 0.6) is 0 Å². The van der Waals surface area contributed by atoms with Crippen molar-refractivity contribution in [2.24, 2.45) is 5.41 Å². The Morgan fingerprint density at radius 2 is 1.85 bits per heavy atom. The highest BCUT2D eigenvalue weighted by Crippen LogP contribution is 2.71. The number of aryl methyl sites for hydroxylation is 2. The molecule has 0 radical (unpaired) electrons. The molecule has 0 N–H and O–H groups in total. The Morgan fingerprint density at radius 3 is 2.58 bits per heavy atom. The Balaban J connectivity index is 1.62. The average Bonchev–Trinajstić information content (AvgIpc) is 2.99. The molecule has 1 aliphatic carbocycles. The van der Waals surface area contributed by atoms with E-state index in [1.165, 1.54) is 30.0 Å². The van der Waals surface area contributed by atoms with Crippen LogP contribution in [0.4, 0.5) is 0 Å². The molecule has 1 saturated carbocycles. The summed E-state index contributed by atoms with van der Waals surface area (Å²) in [7, 11) is 0. The number of fused-ring (bicyclic) bond motifs is 1. The number of hydrogen-bond acceptors (Lipinski definition) is 5. The molecule has 1 spiro atoms. The van der Waals surface area contributed by atoms with Gasteiger partial charge in [0.1, 0.15) is 5.60 Å². The minimum Gasteiger partial charge on any atom is -0.433 e. The Labute approximate surface area is 153 Å². The summed E-state index contributed by atoms with van der Waals surface area (Å²) in [6.45, 7) is 5.67. The van der Waals surface area contributed by atoms with Crippen molar-refractivity contribution in [2.45, 2.75) is 83.3 Å². The molecule has 5 nitrogen and oxygen atoms in total. The Morgan fingerprint density at radius 1 is 1.12 bits per heavy atom. The van der Waals surface area contributed by atoms with Gasteiger partial charge < -0.3 is 18.9 Å². The first-order valence-corrected chi connectivity index (χ1v) is 9.68. The zero-order valence-electron chi connectivity index (χ0n) is 15.6. The maximum absolute atomic E-state index is 11.6. The van der Waals surface area contributed by atoms with Gasteiger partial charge in [0.15, 0.2) is 12.4 Å². The van der Waals surface area contributed by atoms with E-state index in [-0.39, 0.29) is 29.9 Å². The second-order valence-corrected chi connectivity index (χ2v) is 8.48. The van der Waals surface area contributed by atoms with Crippen LogP contribution in [0.3, 0.4) is 0 Å². The molecule has 2 bridgehead atoms. The first kappa shape index (κ1) is 16.7. The van der Waals surface area contributed by atoms with E-state index in [1.807, 2.05) is 0 Å². The third-order valence-corrected chi connectivity index (χ3v) is 6.74. The Bertz CT molecular complexity index is 741. The van der Waals surface area contributed by atoms with E-state index in [2.05, 4.69) is 32.0 Å². The maximum Gasteiger partial charge on any atom is 0.305 e. The largest absolute Gasteiger partial charge is 0.433 e. The van der Waals surface area contributed by atoms with Crippen molar-refractivity contribution in [1.29, 1.82) is 0 Å². The summed E-state index contributed by atoms with van der Waals surface area (Å²) in [4.78, 5) is 11.6. The molecule has 140 valence electrons. The second-order valence-electron chi connectivity index (χ2n) is 8.48. The van der Waals surface area contributed by atoms with E-state index in [0.29, 0.717) is 0 Å². The predicted molar refractivity (Wildman–Crippen MR) is 93.3 cm³/mol. The average molecular weight is 358 g/mol. The van der Waals surface area contributed by atoms with Crippen molar-refractivity contribution in [1.82, 2.24) is 0 Å². The lowest BCUT2D eigenvalue weighted by molar-refractivity contribution is -0.341. The number of carbonyl (C=O) groups is 1. The number of ether oxygens (including phenoxy) is 4. The van der Waals surface area contributed by atoms with Gasteiger partial charge in [-0.25, -0.2) is 0 Å². The van der Waals surface area contributed by atoms with Crippen LogP contribution >= 0.6 is 0 Å². The molecule has 1 aromatic carbocycles. The molecule has 1 aromatic rings. The quantitative estimate of drug-likeness (QED) is 0.755. The van der Waals surface area contributed by atoms with Crippen molar-refractivity contribution in [3.05, 3.63) is 34.9 Å². The van der Waals surface area contributed by atoms with Crippen LogP contribution in [0, 0.1) is 19.3 Å². The van der Waals surface area contributed by atoms with Crippen LogP contribution in [0.1, 0.15) is 61.8 Å². The summed E-state index contributed by atoms with van der Waals surface area (Å²) in [6.07, 6.45) is 3.69. The zero-order valence-corrected chi connectivity index (χ0v) is 15.6. The molecule has 5 heteroatoms. The van der Waals surface area contributed by atoms with E-state index in [1.54, 1.807) is 0 Å². The minimum atomic E-state index is -0.679. The highest BCUT2D eigenvalue weighted by Gasteiger charge is 2.77. The molecule has 0 amide bonds. The van der Waals surface area contributed by atoms with Gasteiger partial charge in [0, 0.05) is 18.8 Å². The summed E-state index contributed by atoms with van der Waals surface area (Å²) in [5.41, 5.74) is 3.19. The van der Waals surface area contributed by atoms with E-state index in [0.717, 1.165) is 25.7 Å². The molecule has 4 fully saturated rings. The number of benzene rings is 1. The van der Waals surface area contributed by atoms with Gasteiger partial charge in [-0.1, -0.05) is 42.2 Å². The van der Waals surface area contributed by atoms with Crippen molar-refractivity contribution in [2.75, 3.05) is 0 Å². The smallest absolute Gasteiger partial charge is 0.305 e. The molecule has 6 atom stereocenters. The summed E-state index contributed by atoms with van der Waals surface area (Å²) in [6, 6.07) is 6.64. The summed E-state index contributed by atoms with van der Waals surface area (Å²) in [5, 5.41) is 0. The molecular weight excluding hydrogens is 332 g/mol. The minimum absolute atomic E-state index is 0.0432. The Kier molecular flexibility index (Phi) is 3.56. The van der Waals surface area contributed by atoms with Crippen molar-refractivity contribution in [3.8, 4) is 0 Å². The fourth-order valence-corrected chi connectivity index (χ4v) is 6.05. The van der Waals surface area contributed by atoms with E-state index < -0.39 is 11.9 Å². The molecule has 3 saturated heterocycles. The number of esters is 1. The van der Waals surface area contributed by atoms with Gasteiger partial charge in [-0.05, 0) is 32.3 Å².